The Morgan fingerprint density at radius 1 is 0.443 bits per heavy atom. The summed E-state index contributed by atoms with van der Waals surface area (Å²) in [7, 11) is 0. The highest BCUT2D eigenvalue weighted by molar-refractivity contribution is 6.25. The molecular formula is C56H46O14. The molecule has 2 aliphatic rings. The highest BCUT2D eigenvalue weighted by Crippen LogP contribution is 2.59. The number of ketones is 2. The molecule has 8 aromatic carbocycles. The Bertz CT molecular complexity index is 3440. The first kappa shape index (κ1) is 45.3. The fourth-order valence-electron chi connectivity index (χ4n) is 11.4. The maximum atomic E-state index is 14.9. The van der Waals surface area contributed by atoms with Crippen molar-refractivity contribution in [2.75, 3.05) is 0 Å². The highest BCUT2D eigenvalue weighted by atomic mass is 16.4. The summed E-state index contributed by atoms with van der Waals surface area (Å²) in [4.78, 5) is 55.5. The van der Waals surface area contributed by atoms with Crippen LogP contribution in [0.3, 0.4) is 0 Å². The number of carbonyl (C=O) groups is 4. The van der Waals surface area contributed by atoms with E-state index in [9.17, 15) is 70.2 Å². The molecule has 14 heteroatoms. The normalized spacial score (nSPS) is 15.1. The number of phenolic OH excluding ortho intramolecular Hbond substituents is 6. The summed E-state index contributed by atoms with van der Waals surface area (Å²) < 4.78 is 0. The van der Waals surface area contributed by atoms with E-state index in [2.05, 4.69) is 0 Å². The molecule has 354 valence electrons. The van der Waals surface area contributed by atoms with Crippen molar-refractivity contribution >= 4 is 66.6 Å². The second kappa shape index (κ2) is 16.6. The van der Waals surface area contributed by atoms with Crippen molar-refractivity contribution < 1.29 is 70.2 Å². The number of phenols is 8. The number of hydrogen-bond acceptors (Lipinski definition) is 12. The summed E-state index contributed by atoms with van der Waals surface area (Å²) in [5.41, 5.74) is -1.52. The molecule has 0 spiro atoms. The lowest BCUT2D eigenvalue weighted by Crippen LogP contribution is -2.29. The molecule has 0 saturated heterocycles. The summed E-state index contributed by atoms with van der Waals surface area (Å²) in [6.45, 7) is 4.00. The minimum atomic E-state index is -1.41. The van der Waals surface area contributed by atoms with Gasteiger partial charge in [0, 0.05) is 45.5 Å². The third kappa shape index (κ3) is 6.61. The van der Waals surface area contributed by atoms with Crippen molar-refractivity contribution in [2.45, 2.75) is 77.0 Å². The van der Waals surface area contributed by atoms with Gasteiger partial charge in [0.1, 0.15) is 57.1 Å². The van der Waals surface area contributed by atoms with E-state index in [0.717, 1.165) is 37.8 Å². The smallest absolute Gasteiger partial charge is 0.339 e. The molecule has 0 radical (unpaired) electrons. The van der Waals surface area contributed by atoms with E-state index in [1.807, 2.05) is 13.8 Å². The highest BCUT2D eigenvalue weighted by Gasteiger charge is 2.47. The third-order valence-electron chi connectivity index (χ3n) is 14.3. The maximum Gasteiger partial charge on any atom is 0.339 e. The molecule has 0 heterocycles. The minimum Gasteiger partial charge on any atom is -0.508 e. The van der Waals surface area contributed by atoms with Crippen LogP contribution >= 0.6 is 0 Å². The number of rotatable bonds is 11. The molecule has 0 amide bonds. The number of aromatic carboxylic acids is 2. The average Bonchev–Trinajstić information content (AvgIpc) is 3.28. The van der Waals surface area contributed by atoms with E-state index in [0.29, 0.717) is 47.6 Å². The zero-order valence-electron chi connectivity index (χ0n) is 37.8. The number of benzene rings is 8. The molecule has 10 N–H and O–H groups in total. The number of carboxylic acids is 2. The van der Waals surface area contributed by atoms with Crippen LogP contribution in [-0.4, -0.2) is 74.6 Å². The van der Waals surface area contributed by atoms with Gasteiger partial charge in [-0.15, -0.1) is 0 Å². The molecule has 0 fully saturated rings. The van der Waals surface area contributed by atoms with Crippen molar-refractivity contribution in [3.63, 3.8) is 0 Å². The number of carboxylic acid groups (broad SMARTS) is 2. The largest absolute Gasteiger partial charge is 0.508 e. The Labute approximate surface area is 398 Å². The van der Waals surface area contributed by atoms with Crippen LogP contribution in [0, 0.1) is 0 Å². The quantitative estimate of drug-likeness (QED) is 0.0427. The van der Waals surface area contributed by atoms with E-state index >= 15 is 0 Å². The number of carbonyl (C=O) groups excluding carboxylic acids is 2. The lowest BCUT2D eigenvalue weighted by Gasteiger charge is -2.39. The zero-order valence-corrected chi connectivity index (χ0v) is 37.8. The van der Waals surface area contributed by atoms with Crippen LogP contribution in [-0.2, 0) is 12.8 Å². The summed E-state index contributed by atoms with van der Waals surface area (Å²) in [6.07, 6.45) is 5.31. The molecule has 0 saturated carbocycles. The molecule has 8 aromatic rings. The van der Waals surface area contributed by atoms with Gasteiger partial charge in [0.15, 0.2) is 0 Å². The van der Waals surface area contributed by atoms with Crippen LogP contribution in [0.2, 0.25) is 0 Å². The van der Waals surface area contributed by atoms with E-state index in [-0.39, 0.29) is 88.0 Å². The minimum absolute atomic E-state index is 0.0202. The van der Waals surface area contributed by atoms with Gasteiger partial charge in [-0.3, -0.25) is 9.59 Å². The SMILES string of the molecule is CCCCCc1cc2ccc3c(O)c4c(cc3c2c(O)c1C(=O)O)C(C1c2cc(O)cc(O)c2C(=O)c2c1cc1c(ccc3cc(CCCCC)c(C(=O)O)c(O)c31)c2O)c1cc(O)cc(O)c1C4=O. The van der Waals surface area contributed by atoms with Crippen LogP contribution in [0.5, 0.6) is 46.0 Å². The summed E-state index contributed by atoms with van der Waals surface area (Å²) in [5.74, 6) is -12.2. The van der Waals surface area contributed by atoms with Gasteiger partial charge in [-0.2, -0.15) is 0 Å². The number of aryl methyl sites for hydroxylation is 2. The first-order valence-corrected chi connectivity index (χ1v) is 23.1. The number of hydrogen-bond donors (Lipinski definition) is 10. The Morgan fingerprint density at radius 3 is 1.17 bits per heavy atom. The van der Waals surface area contributed by atoms with Gasteiger partial charge in [0.05, 0.1) is 22.3 Å². The summed E-state index contributed by atoms with van der Waals surface area (Å²) in [6, 6.07) is 16.7. The number of fused-ring (bicyclic) bond motifs is 10. The number of unbranched alkanes of at least 4 members (excludes halogenated alkanes) is 4. The Morgan fingerprint density at radius 2 is 0.814 bits per heavy atom. The van der Waals surface area contributed by atoms with Crippen LogP contribution < -0.4 is 0 Å². The second-order valence-electron chi connectivity index (χ2n) is 18.4. The van der Waals surface area contributed by atoms with Crippen molar-refractivity contribution in [3.05, 3.63) is 140 Å². The van der Waals surface area contributed by atoms with Gasteiger partial charge in [-0.05, 0) is 129 Å². The molecule has 2 aliphatic carbocycles. The molecule has 0 aliphatic heterocycles. The predicted molar refractivity (Wildman–Crippen MR) is 260 cm³/mol. The van der Waals surface area contributed by atoms with Crippen molar-refractivity contribution in [3.8, 4) is 46.0 Å². The molecule has 2 atom stereocenters. The Kier molecular flexibility index (Phi) is 10.7. The molecular weight excluding hydrogens is 897 g/mol. The van der Waals surface area contributed by atoms with E-state index in [4.69, 9.17) is 0 Å². The fraction of sp³-hybridized carbons (Fsp3) is 0.214. The standard InChI is InChI=1S/C56H46O14/c1-3-5-7-9-23-15-25-11-13-29-31(39(25)51(63)41(23)55(67)68)21-35-43(33-17-27(57)19-37(59)45(33)53(65)47(35)49(29)61)44-34-18-28(58)20-38(60)46(34)54(66)48-36(44)22-32-30(50(48)62)14-12-26-16-24(10-8-6-4-2)42(56(69)70)52(64)40(26)32/h11-22,43-44,57-64H,3-10H2,1-2H3,(H,67,68)(H,69,70). The maximum absolute atomic E-state index is 14.9. The fourth-order valence-corrected chi connectivity index (χ4v) is 11.4. The topological polar surface area (TPSA) is 271 Å². The summed E-state index contributed by atoms with van der Waals surface area (Å²) >= 11 is 0. The number of aromatic hydroxyl groups is 8. The van der Waals surface area contributed by atoms with Crippen molar-refractivity contribution in [1.82, 2.24) is 0 Å². The van der Waals surface area contributed by atoms with Gasteiger partial charge < -0.3 is 51.1 Å². The monoisotopic (exact) mass is 942 g/mol. The average molecular weight is 943 g/mol. The molecule has 0 bridgehead atoms. The van der Waals surface area contributed by atoms with Gasteiger partial charge in [0.2, 0.25) is 11.6 Å². The molecule has 70 heavy (non-hydrogen) atoms. The van der Waals surface area contributed by atoms with Crippen molar-refractivity contribution in [2.24, 2.45) is 0 Å². The van der Waals surface area contributed by atoms with Crippen molar-refractivity contribution in [1.29, 1.82) is 0 Å². The van der Waals surface area contributed by atoms with Crippen LogP contribution in [0.4, 0.5) is 0 Å². The van der Waals surface area contributed by atoms with Crippen LogP contribution in [0.25, 0.3) is 43.1 Å². The predicted octanol–water partition coefficient (Wildman–Crippen LogP) is 10.9. The summed E-state index contributed by atoms with van der Waals surface area (Å²) in [5, 5.41) is 116. The Hall–Kier alpha value is -8.52. The molecule has 0 aromatic heterocycles. The molecule has 10 rings (SSSR count). The van der Waals surface area contributed by atoms with E-state index < -0.39 is 81.3 Å². The zero-order chi connectivity index (χ0) is 49.8. The molecule has 2 unspecified atom stereocenters. The second-order valence-corrected chi connectivity index (χ2v) is 18.4. The van der Waals surface area contributed by atoms with E-state index in [1.54, 1.807) is 24.3 Å². The van der Waals surface area contributed by atoms with Gasteiger partial charge >= 0.3 is 11.9 Å². The third-order valence-corrected chi connectivity index (χ3v) is 14.3. The molecule has 14 nitrogen and oxygen atoms in total. The van der Waals surface area contributed by atoms with Crippen LogP contribution in [0.15, 0.2) is 72.8 Å². The first-order valence-electron chi connectivity index (χ1n) is 23.1. The Balaban J connectivity index is 1.35. The van der Waals surface area contributed by atoms with Gasteiger partial charge in [-0.1, -0.05) is 51.7 Å². The van der Waals surface area contributed by atoms with E-state index in [1.165, 1.54) is 36.4 Å². The van der Waals surface area contributed by atoms with Crippen LogP contribution in [0.1, 0.15) is 150 Å². The lowest BCUT2D eigenvalue weighted by molar-refractivity contribution is 0.0681. The van der Waals surface area contributed by atoms with Gasteiger partial charge in [0.25, 0.3) is 0 Å². The van der Waals surface area contributed by atoms with Gasteiger partial charge in [-0.25, -0.2) is 9.59 Å². The first-order chi connectivity index (χ1) is 33.5. The lowest BCUT2D eigenvalue weighted by atomic mass is 9.63.